The van der Waals surface area contributed by atoms with Gasteiger partial charge in [-0.2, -0.15) is 0 Å². The monoisotopic (exact) mass is 434 g/mol. The SMILES string of the molecule is CC.CC.COC(=O)c1ccc2c(C)c(OCc3cc(Cl)cc(Cl)c3)ccc2c1. The Bertz CT molecular complexity index is 932. The molecule has 0 aliphatic heterocycles. The van der Waals surface area contributed by atoms with Crippen molar-refractivity contribution in [3.8, 4) is 5.75 Å². The second-order valence-electron chi connectivity index (χ2n) is 5.68. The van der Waals surface area contributed by atoms with E-state index in [0.717, 1.165) is 27.6 Å². The highest BCUT2D eigenvalue weighted by atomic mass is 35.5. The third-order valence-electron chi connectivity index (χ3n) is 3.98. The van der Waals surface area contributed by atoms with E-state index in [2.05, 4.69) is 0 Å². The Labute approximate surface area is 183 Å². The number of halogens is 2. The fourth-order valence-electron chi connectivity index (χ4n) is 2.72. The lowest BCUT2D eigenvalue weighted by atomic mass is 10.0. The summed E-state index contributed by atoms with van der Waals surface area (Å²) >= 11 is 12.0. The molecular weight excluding hydrogens is 407 g/mol. The summed E-state index contributed by atoms with van der Waals surface area (Å²) in [5.41, 5.74) is 2.43. The molecule has 0 unspecified atom stereocenters. The fraction of sp³-hybridized carbons (Fsp3) is 0.292. The van der Waals surface area contributed by atoms with Crippen LogP contribution in [0.25, 0.3) is 10.8 Å². The van der Waals surface area contributed by atoms with Crippen molar-refractivity contribution in [2.24, 2.45) is 0 Å². The minimum Gasteiger partial charge on any atom is -0.489 e. The number of methoxy groups -OCH3 is 1. The number of carbonyl (C=O) groups excluding carboxylic acids is 1. The van der Waals surface area contributed by atoms with Crippen LogP contribution in [0.15, 0.2) is 48.5 Å². The molecule has 3 nitrogen and oxygen atoms in total. The Morgan fingerprint density at radius 2 is 1.52 bits per heavy atom. The largest absolute Gasteiger partial charge is 0.489 e. The van der Waals surface area contributed by atoms with Gasteiger partial charge in [0.05, 0.1) is 12.7 Å². The minimum atomic E-state index is -0.349. The molecule has 0 aromatic heterocycles. The first-order valence-corrected chi connectivity index (χ1v) is 10.4. The van der Waals surface area contributed by atoms with E-state index in [4.69, 9.17) is 32.7 Å². The van der Waals surface area contributed by atoms with Gasteiger partial charge in [-0.3, -0.25) is 0 Å². The van der Waals surface area contributed by atoms with Crippen LogP contribution in [0.5, 0.6) is 5.75 Å². The summed E-state index contributed by atoms with van der Waals surface area (Å²) in [7, 11) is 1.37. The van der Waals surface area contributed by atoms with E-state index in [1.807, 2.05) is 71.0 Å². The first kappa shape index (κ1) is 24.8. The number of hydrogen-bond donors (Lipinski definition) is 0. The fourth-order valence-corrected chi connectivity index (χ4v) is 3.29. The molecule has 0 heterocycles. The standard InChI is InChI=1S/C20H16Cl2O3.2C2H6/c1-12-18-5-3-15(20(23)24-2)9-14(18)4-6-19(12)25-11-13-7-16(21)10-17(22)8-13;2*1-2/h3-10H,11H2,1-2H3;2*1-2H3. The Morgan fingerprint density at radius 1 is 0.897 bits per heavy atom. The second-order valence-corrected chi connectivity index (χ2v) is 6.56. The molecule has 29 heavy (non-hydrogen) atoms. The van der Waals surface area contributed by atoms with Crippen LogP contribution in [-0.4, -0.2) is 13.1 Å². The topological polar surface area (TPSA) is 35.5 Å². The van der Waals surface area contributed by atoms with Crippen LogP contribution in [0.4, 0.5) is 0 Å². The zero-order valence-electron chi connectivity index (χ0n) is 17.8. The number of aryl methyl sites for hydroxylation is 1. The van der Waals surface area contributed by atoms with Gasteiger partial charge >= 0.3 is 5.97 Å². The van der Waals surface area contributed by atoms with E-state index in [9.17, 15) is 4.79 Å². The van der Waals surface area contributed by atoms with Gasteiger partial charge in [0.1, 0.15) is 12.4 Å². The molecule has 0 aliphatic carbocycles. The summed E-state index contributed by atoms with van der Waals surface area (Å²) in [6, 6.07) is 14.6. The number of rotatable bonds is 4. The molecule has 156 valence electrons. The van der Waals surface area contributed by atoms with Crippen LogP contribution in [-0.2, 0) is 11.3 Å². The van der Waals surface area contributed by atoms with E-state index in [1.165, 1.54) is 7.11 Å². The van der Waals surface area contributed by atoms with E-state index in [-0.39, 0.29) is 5.97 Å². The van der Waals surface area contributed by atoms with Gasteiger partial charge in [0.15, 0.2) is 0 Å². The van der Waals surface area contributed by atoms with Gasteiger partial charge in [-0.25, -0.2) is 4.79 Å². The molecule has 0 radical (unpaired) electrons. The zero-order valence-corrected chi connectivity index (χ0v) is 19.3. The molecule has 0 spiro atoms. The summed E-state index contributed by atoms with van der Waals surface area (Å²) in [6.07, 6.45) is 0. The van der Waals surface area contributed by atoms with Crippen molar-refractivity contribution in [1.82, 2.24) is 0 Å². The first-order chi connectivity index (χ1) is 14.0. The summed E-state index contributed by atoms with van der Waals surface area (Å²) < 4.78 is 10.7. The van der Waals surface area contributed by atoms with Crippen molar-refractivity contribution in [2.75, 3.05) is 7.11 Å². The summed E-state index contributed by atoms with van der Waals surface area (Å²) in [4.78, 5) is 11.7. The third-order valence-corrected chi connectivity index (χ3v) is 4.41. The van der Waals surface area contributed by atoms with Crippen LogP contribution < -0.4 is 4.74 Å². The highest BCUT2D eigenvalue weighted by Crippen LogP contribution is 2.29. The van der Waals surface area contributed by atoms with E-state index in [1.54, 1.807) is 12.1 Å². The average Bonchev–Trinajstić information content (AvgIpc) is 2.74. The number of hydrogen-bond acceptors (Lipinski definition) is 3. The number of esters is 1. The van der Waals surface area contributed by atoms with E-state index in [0.29, 0.717) is 22.2 Å². The lowest BCUT2D eigenvalue weighted by molar-refractivity contribution is 0.0601. The van der Waals surface area contributed by atoms with Crippen LogP contribution >= 0.6 is 23.2 Å². The van der Waals surface area contributed by atoms with Gasteiger partial charge < -0.3 is 9.47 Å². The number of carbonyl (C=O) groups is 1. The molecule has 3 aromatic rings. The molecule has 0 fully saturated rings. The normalized spacial score (nSPS) is 9.66. The molecule has 3 rings (SSSR count). The Hall–Kier alpha value is -2.23. The van der Waals surface area contributed by atoms with Crippen LogP contribution in [0, 0.1) is 6.92 Å². The molecule has 0 saturated carbocycles. The van der Waals surface area contributed by atoms with E-state index >= 15 is 0 Å². The van der Waals surface area contributed by atoms with Gasteiger partial charge in [0.25, 0.3) is 0 Å². The van der Waals surface area contributed by atoms with Gasteiger partial charge in [-0.1, -0.05) is 63.0 Å². The number of ether oxygens (including phenoxy) is 2. The zero-order chi connectivity index (χ0) is 22.0. The van der Waals surface area contributed by atoms with Crippen molar-refractivity contribution in [3.63, 3.8) is 0 Å². The second kappa shape index (κ2) is 12.4. The number of fused-ring (bicyclic) bond motifs is 1. The van der Waals surface area contributed by atoms with E-state index < -0.39 is 0 Å². The minimum absolute atomic E-state index is 0.349. The van der Waals surface area contributed by atoms with Gasteiger partial charge in [0, 0.05) is 10.0 Å². The molecule has 0 bridgehead atoms. The van der Waals surface area contributed by atoms with Crippen molar-refractivity contribution in [1.29, 1.82) is 0 Å². The molecule has 0 saturated heterocycles. The third kappa shape index (κ3) is 6.66. The molecule has 0 atom stereocenters. The molecule has 0 N–H and O–H groups in total. The smallest absolute Gasteiger partial charge is 0.337 e. The predicted molar refractivity (Wildman–Crippen MR) is 124 cm³/mol. The highest BCUT2D eigenvalue weighted by Gasteiger charge is 2.10. The van der Waals surface area contributed by atoms with Crippen molar-refractivity contribution in [3.05, 3.63) is 75.3 Å². The summed E-state index contributed by atoms with van der Waals surface area (Å²) in [5.74, 6) is 0.423. The van der Waals surface area contributed by atoms with Crippen LogP contribution in [0.2, 0.25) is 10.0 Å². The Balaban J connectivity index is 0.000000989. The molecule has 0 amide bonds. The molecule has 0 aliphatic rings. The molecule has 5 heteroatoms. The summed E-state index contributed by atoms with van der Waals surface area (Å²) in [5, 5.41) is 3.14. The van der Waals surface area contributed by atoms with Gasteiger partial charge in [-0.05, 0) is 65.2 Å². The van der Waals surface area contributed by atoms with Crippen molar-refractivity contribution < 1.29 is 14.3 Å². The average molecular weight is 435 g/mol. The van der Waals surface area contributed by atoms with Gasteiger partial charge in [0.2, 0.25) is 0 Å². The molecular formula is C24H28Cl2O3. The lowest BCUT2D eigenvalue weighted by Gasteiger charge is -2.12. The summed E-state index contributed by atoms with van der Waals surface area (Å²) in [6.45, 7) is 10.4. The van der Waals surface area contributed by atoms with Gasteiger partial charge in [-0.15, -0.1) is 0 Å². The predicted octanol–water partition coefficient (Wildman–Crippen LogP) is 7.87. The maximum Gasteiger partial charge on any atom is 0.337 e. The highest BCUT2D eigenvalue weighted by molar-refractivity contribution is 6.34. The van der Waals surface area contributed by atoms with Crippen LogP contribution in [0.3, 0.4) is 0 Å². The maximum atomic E-state index is 11.7. The Kier molecular flexibility index (Phi) is 10.6. The number of benzene rings is 3. The molecule has 3 aromatic carbocycles. The van der Waals surface area contributed by atoms with Crippen LogP contribution in [0.1, 0.15) is 49.2 Å². The first-order valence-electron chi connectivity index (χ1n) is 9.67. The van der Waals surface area contributed by atoms with Crippen molar-refractivity contribution >= 4 is 39.9 Å². The quantitative estimate of drug-likeness (QED) is 0.391. The Morgan fingerprint density at radius 3 is 2.10 bits per heavy atom. The van der Waals surface area contributed by atoms with Crippen molar-refractivity contribution in [2.45, 2.75) is 41.2 Å². The maximum absolute atomic E-state index is 11.7. The lowest BCUT2D eigenvalue weighted by Crippen LogP contribution is -2.01.